The second kappa shape index (κ2) is 29.2. The molecule has 10 heteroatoms. The van der Waals surface area contributed by atoms with Gasteiger partial charge in [-0.05, 0) is 96.5 Å². The summed E-state index contributed by atoms with van der Waals surface area (Å²) in [6, 6.07) is 29.3. The Kier molecular flexibility index (Phi) is 22.8. The Labute approximate surface area is 393 Å². The number of benzene rings is 4. The van der Waals surface area contributed by atoms with Crippen molar-refractivity contribution in [3.05, 3.63) is 108 Å². The van der Waals surface area contributed by atoms with Crippen molar-refractivity contribution in [2.24, 2.45) is 0 Å². The summed E-state index contributed by atoms with van der Waals surface area (Å²) < 4.78 is 23.4. The Morgan fingerprint density at radius 2 is 0.758 bits per heavy atom. The van der Waals surface area contributed by atoms with E-state index in [1.165, 1.54) is 51.4 Å². The van der Waals surface area contributed by atoms with Crippen molar-refractivity contribution < 1.29 is 43.2 Å². The summed E-state index contributed by atoms with van der Waals surface area (Å²) in [6.07, 6.45) is 18.4. The Morgan fingerprint density at radius 3 is 1.12 bits per heavy atom. The van der Waals surface area contributed by atoms with E-state index in [9.17, 15) is 19.2 Å². The van der Waals surface area contributed by atoms with Gasteiger partial charge < -0.3 is 24.1 Å². The van der Waals surface area contributed by atoms with E-state index in [-0.39, 0.29) is 24.3 Å². The Balaban J connectivity index is 1.19. The van der Waals surface area contributed by atoms with Gasteiger partial charge in [-0.3, -0.25) is 14.5 Å². The minimum Gasteiger partial charge on any atom is -0.494 e. The van der Waals surface area contributed by atoms with Crippen LogP contribution in [-0.4, -0.2) is 72.3 Å². The summed E-state index contributed by atoms with van der Waals surface area (Å²) in [4.78, 5) is 55.9. The number of aliphatic hydroxyl groups is 1. The molecule has 1 aliphatic heterocycles. The Bertz CT molecular complexity index is 1890. The highest BCUT2D eigenvalue weighted by atomic mass is 16.6. The van der Waals surface area contributed by atoms with Crippen LogP contribution in [0, 0.1) is 0 Å². The third-order valence-corrected chi connectivity index (χ3v) is 12.2. The number of nitrogens with zero attached hydrogens (tertiary/aromatic N) is 1. The molecule has 0 unspecified atom stereocenters. The fourth-order valence-electron chi connectivity index (χ4n) is 8.16. The van der Waals surface area contributed by atoms with Gasteiger partial charge in [-0.2, -0.15) is 0 Å². The minimum atomic E-state index is -1.63. The van der Waals surface area contributed by atoms with Crippen LogP contribution in [0.25, 0.3) is 22.3 Å². The number of likely N-dealkylation sites (tertiary alicyclic amines) is 1. The predicted molar refractivity (Wildman–Crippen MR) is 261 cm³/mol. The van der Waals surface area contributed by atoms with Crippen molar-refractivity contribution in [3.63, 3.8) is 0 Å². The van der Waals surface area contributed by atoms with E-state index in [0.29, 0.717) is 19.6 Å². The molecule has 2 atom stereocenters. The molecular formula is C56H73NO9. The number of hydrogen-bond acceptors (Lipinski definition) is 9. The number of rotatable bonds is 32. The number of carbonyl (C=O) groups excluding carboxylic acids is 4. The number of ether oxygens (including phenoxy) is 4. The van der Waals surface area contributed by atoms with Gasteiger partial charge in [0.15, 0.2) is 0 Å². The number of amides is 2. The van der Waals surface area contributed by atoms with Crippen LogP contribution in [-0.2, 0) is 19.1 Å². The zero-order valence-electron chi connectivity index (χ0n) is 39.5. The molecule has 4 aromatic rings. The van der Waals surface area contributed by atoms with Crippen LogP contribution in [0.2, 0.25) is 0 Å². The number of unbranched alkanes of at least 4 members (excludes halogenated alkanes) is 17. The van der Waals surface area contributed by atoms with Crippen molar-refractivity contribution in [3.8, 4) is 33.8 Å². The summed E-state index contributed by atoms with van der Waals surface area (Å²) in [7, 11) is 0. The van der Waals surface area contributed by atoms with Gasteiger partial charge in [0.1, 0.15) is 11.5 Å². The van der Waals surface area contributed by atoms with Crippen molar-refractivity contribution in [1.82, 2.24) is 4.90 Å². The number of esters is 2. The standard InChI is InChI=1S/C56H73NO9/c1-3-5-7-9-17-21-41-63-49-35-31-45(32-36-49)43-23-27-47(28-24-43)55(61)65-51-52(54(60)57(53(51)59)39-19-15-13-11-12-14-16-20-40-58)66-56(62)48-29-25-44(26-30-48)46-33-37-50(38-34-46)64-42-22-18-10-8-6-4-2/h23-38,51-52,58H,3-22,39-42H2,1-2H3/t51-,52-/m1/s1. The third-order valence-electron chi connectivity index (χ3n) is 12.2. The smallest absolute Gasteiger partial charge is 0.339 e. The predicted octanol–water partition coefficient (Wildman–Crippen LogP) is 12.7. The van der Waals surface area contributed by atoms with E-state index in [2.05, 4.69) is 13.8 Å². The fourth-order valence-corrected chi connectivity index (χ4v) is 8.16. The van der Waals surface area contributed by atoms with Crippen LogP contribution >= 0.6 is 0 Å². The van der Waals surface area contributed by atoms with Crippen LogP contribution in [0.1, 0.15) is 163 Å². The molecule has 1 aliphatic rings. The summed E-state index contributed by atoms with van der Waals surface area (Å²) in [5.41, 5.74) is 4.01. The van der Waals surface area contributed by atoms with Crippen LogP contribution in [0.5, 0.6) is 11.5 Å². The highest BCUT2D eigenvalue weighted by molar-refractivity contribution is 6.10. The lowest BCUT2D eigenvalue weighted by Crippen LogP contribution is -2.37. The molecule has 0 aliphatic carbocycles. The first kappa shape index (κ1) is 51.5. The van der Waals surface area contributed by atoms with Crippen molar-refractivity contribution in [2.75, 3.05) is 26.4 Å². The van der Waals surface area contributed by atoms with Crippen LogP contribution < -0.4 is 9.47 Å². The molecule has 0 saturated carbocycles. The molecule has 5 rings (SSSR count). The van der Waals surface area contributed by atoms with Crippen molar-refractivity contribution in [1.29, 1.82) is 0 Å². The van der Waals surface area contributed by atoms with Gasteiger partial charge in [-0.1, -0.05) is 165 Å². The molecule has 1 fully saturated rings. The van der Waals surface area contributed by atoms with Gasteiger partial charge in [0, 0.05) is 13.2 Å². The van der Waals surface area contributed by atoms with Gasteiger partial charge in [-0.25, -0.2) is 9.59 Å². The first-order valence-corrected chi connectivity index (χ1v) is 24.9. The number of imide groups is 1. The molecular weight excluding hydrogens is 831 g/mol. The molecule has 0 bridgehead atoms. The molecule has 1 saturated heterocycles. The third kappa shape index (κ3) is 16.7. The lowest BCUT2D eigenvalue weighted by molar-refractivity contribution is -0.141. The molecule has 0 spiro atoms. The number of carbonyl (C=O) groups is 4. The molecule has 1 N–H and O–H groups in total. The number of aliphatic hydroxyl groups excluding tert-OH is 1. The fraction of sp³-hybridized carbons (Fsp3) is 0.500. The maximum Gasteiger partial charge on any atom is 0.339 e. The van der Waals surface area contributed by atoms with Gasteiger partial charge in [0.25, 0.3) is 11.8 Å². The summed E-state index contributed by atoms with van der Waals surface area (Å²) in [5.74, 6) is -1.42. The number of hydrogen-bond donors (Lipinski definition) is 1. The quantitative estimate of drug-likeness (QED) is 0.0289. The van der Waals surface area contributed by atoms with E-state index < -0.39 is 36.0 Å². The van der Waals surface area contributed by atoms with Crippen LogP contribution in [0.3, 0.4) is 0 Å². The summed E-state index contributed by atoms with van der Waals surface area (Å²) in [6.45, 7) is 6.13. The summed E-state index contributed by atoms with van der Waals surface area (Å²) in [5, 5.41) is 9.01. The maximum absolute atomic E-state index is 13.8. The van der Waals surface area contributed by atoms with E-state index >= 15 is 0 Å². The summed E-state index contributed by atoms with van der Waals surface area (Å²) >= 11 is 0. The zero-order chi connectivity index (χ0) is 46.8. The van der Waals surface area contributed by atoms with Gasteiger partial charge in [-0.15, -0.1) is 0 Å². The van der Waals surface area contributed by atoms with Crippen LogP contribution in [0.4, 0.5) is 0 Å². The first-order chi connectivity index (χ1) is 32.3. The zero-order valence-corrected chi connectivity index (χ0v) is 39.5. The molecule has 4 aromatic carbocycles. The molecule has 1 heterocycles. The highest BCUT2D eigenvalue weighted by Crippen LogP contribution is 2.28. The molecule has 10 nitrogen and oxygen atoms in total. The first-order valence-electron chi connectivity index (χ1n) is 24.9. The molecule has 0 aromatic heterocycles. The van der Waals surface area contributed by atoms with Crippen molar-refractivity contribution in [2.45, 2.75) is 154 Å². The van der Waals surface area contributed by atoms with Crippen molar-refractivity contribution >= 4 is 23.8 Å². The van der Waals surface area contributed by atoms with Gasteiger partial charge in [0.2, 0.25) is 12.2 Å². The molecule has 356 valence electrons. The van der Waals surface area contributed by atoms with E-state index in [4.69, 9.17) is 24.1 Å². The lowest BCUT2D eigenvalue weighted by Gasteiger charge is -2.17. The molecule has 0 radical (unpaired) electrons. The topological polar surface area (TPSA) is 129 Å². The van der Waals surface area contributed by atoms with Crippen LogP contribution in [0.15, 0.2) is 97.1 Å². The second-order valence-corrected chi connectivity index (χ2v) is 17.5. The highest BCUT2D eigenvalue weighted by Gasteiger charge is 2.52. The lowest BCUT2D eigenvalue weighted by atomic mass is 10.0. The maximum atomic E-state index is 13.8. The Hall–Kier alpha value is -5.48. The average Bonchev–Trinajstić information content (AvgIpc) is 3.56. The van der Waals surface area contributed by atoms with Gasteiger partial charge in [0.05, 0.1) is 24.3 Å². The normalized spacial score (nSPS) is 14.7. The van der Waals surface area contributed by atoms with Gasteiger partial charge >= 0.3 is 11.9 Å². The minimum absolute atomic E-state index is 0.124. The van der Waals surface area contributed by atoms with E-state index in [0.717, 1.165) is 109 Å². The molecule has 66 heavy (non-hydrogen) atoms. The Morgan fingerprint density at radius 1 is 0.439 bits per heavy atom. The van der Waals surface area contributed by atoms with E-state index in [1.807, 2.05) is 48.5 Å². The largest absolute Gasteiger partial charge is 0.494 e. The molecule has 2 amide bonds. The van der Waals surface area contributed by atoms with E-state index in [1.54, 1.807) is 48.5 Å². The second-order valence-electron chi connectivity index (χ2n) is 17.5. The SMILES string of the molecule is CCCCCCCCOc1ccc(-c2ccc(C(=O)O[C@H]3C(=O)N(CCCCCCCCCCO)C(=O)[C@@H]3OC(=O)c3ccc(-c4ccc(OCCCCCCCC)cc4)cc3)cc2)cc1. The monoisotopic (exact) mass is 904 g/mol. The average molecular weight is 904 g/mol.